The van der Waals surface area contributed by atoms with Gasteiger partial charge in [0.2, 0.25) is 0 Å². The molecular weight excluding hydrogens is 336 g/mol. The number of hydrogen-bond acceptors (Lipinski definition) is 2. The highest BCUT2D eigenvalue weighted by Gasteiger charge is 2.38. The predicted octanol–water partition coefficient (Wildman–Crippen LogP) is 3.84. The summed E-state index contributed by atoms with van der Waals surface area (Å²) in [5.41, 5.74) is 1.74. The summed E-state index contributed by atoms with van der Waals surface area (Å²) in [6.45, 7) is 3.56. The average molecular weight is 360 g/mol. The van der Waals surface area contributed by atoms with Gasteiger partial charge in [0.1, 0.15) is 0 Å². The zero-order chi connectivity index (χ0) is 13.1. The second-order valence-corrected chi connectivity index (χ2v) is 6.93. The summed E-state index contributed by atoms with van der Waals surface area (Å²) in [6.07, 6.45) is 6.58. The molecule has 1 saturated carbocycles. The lowest BCUT2D eigenvalue weighted by atomic mass is 9.71. The van der Waals surface area contributed by atoms with Crippen LogP contribution in [-0.2, 0) is 5.54 Å². The number of nitrogens with one attached hydrogen (secondary N) is 2. The molecule has 0 aromatic heterocycles. The summed E-state index contributed by atoms with van der Waals surface area (Å²) in [5, 5.41) is 7.34. The van der Waals surface area contributed by atoms with Crippen LogP contribution in [0.2, 0.25) is 0 Å². The Hall–Kier alpha value is -0.0900. The van der Waals surface area contributed by atoms with E-state index in [1.54, 1.807) is 0 Å². The molecule has 20 heavy (non-hydrogen) atoms. The van der Waals surface area contributed by atoms with E-state index < -0.39 is 0 Å². The maximum Gasteiger partial charge on any atom is 0.0434 e. The lowest BCUT2D eigenvalue weighted by Gasteiger charge is -2.44. The Kier molecular flexibility index (Phi) is 5.91. The molecule has 4 heteroatoms. The van der Waals surface area contributed by atoms with Crippen molar-refractivity contribution in [3.05, 3.63) is 34.3 Å². The molecule has 1 aromatic rings. The maximum atomic E-state index is 3.89. The van der Waals surface area contributed by atoms with Crippen molar-refractivity contribution in [1.82, 2.24) is 10.6 Å². The average Bonchev–Trinajstić information content (AvgIpc) is 2.41. The molecule has 0 spiro atoms. The van der Waals surface area contributed by atoms with Gasteiger partial charge in [-0.3, -0.25) is 0 Å². The standard InChI is InChI=1S/C16H23BrN2.ClH/c17-15-4-2-14(3-5-15)16(8-1-9-16)19-12-13-6-10-18-11-7-13;/h2-5,13,18-19H,1,6-12H2;1H. The summed E-state index contributed by atoms with van der Waals surface area (Å²) >= 11 is 3.53. The monoisotopic (exact) mass is 358 g/mol. The minimum Gasteiger partial charge on any atom is -0.317 e. The first-order valence-corrected chi connectivity index (χ1v) is 8.30. The maximum absolute atomic E-state index is 3.89. The van der Waals surface area contributed by atoms with Gasteiger partial charge in [0, 0.05) is 10.0 Å². The first-order valence-electron chi connectivity index (χ1n) is 7.50. The molecule has 1 heterocycles. The van der Waals surface area contributed by atoms with E-state index in [0.29, 0.717) is 0 Å². The second kappa shape index (κ2) is 7.26. The van der Waals surface area contributed by atoms with Crippen molar-refractivity contribution in [2.75, 3.05) is 19.6 Å². The molecule has 1 aliphatic heterocycles. The van der Waals surface area contributed by atoms with Crippen LogP contribution in [0.1, 0.15) is 37.7 Å². The molecule has 0 unspecified atom stereocenters. The molecule has 2 N–H and O–H groups in total. The van der Waals surface area contributed by atoms with Gasteiger partial charge >= 0.3 is 0 Å². The number of benzene rings is 1. The van der Waals surface area contributed by atoms with Gasteiger partial charge in [0.15, 0.2) is 0 Å². The number of piperidine rings is 1. The van der Waals surface area contributed by atoms with E-state index in [-0.39, 0.29) is 17.9 Å². The van der Waals surface area contributed by atoms with Crippen molar-refractivity contribution in [2.45, 2.75) is 37.6 Å². The van der Waals surface area contributed by atoms with E-state index in [0.717, 1.165) is 5.92 Å². The van der Waals surface area contributed by atoms with Gasteiger partial charge in [-0.2, -0.15) is 0 Å². The smallest absolute Gasteiger partial charge is 0.0434 e. The predicted molar refractivity (Wildman–Crippen MR) is 90.5 cm³/mol. The van der Waals surface area contributed by atoms with Gasteiger partial charge in [0.25, 0.3) is 0 Å². The van der Waals surface area contributed by atoms with E-state index in [9.17, 15) is 0 Å². The summed E-state index contributed by atoms with van der Waals surface area (Å²) in [4.78, 5) is 0. The molecule has 3 rings (SSSR count). The minimum atomic E-state index is 0. The van der Waals surface area contributed by atoms with Crippen molar-refractivity contribution in [1.29, 1.82) is 0 Å². The molecule has 2 fully saturated rings. The molecule has 2 aliphatic rings. The van der Waals surface area contributed by atoms with Crippen LogP contribution in [0.5, 0.6) is 0 Å². The summed E-state index contributed by atoms with van der Waals surface area (Å²) < 4.78 is 1.17. The molecular formula is C16H24BrClN2. The summed E-state index contributed by atoms with van der Waals surface area (Å²) in [5.74, 6) is 0.856. The number of hydrogen-bond donors (Lipinski definition) is 2. The Bertz CT molecular complexity index is 411. The number of rotatable bonds is 4. The van der Waals surface area contributed by atoms with E-state index in [1.807, 2.05) is 0 Å². The third-order valence-corrected chi connectivity index (χ3v) is 5.32. The second-order valence-electron chi connectivity index (χ2n) is 6.02. The Balaban J connectivity index is 0.00000147. The SMILES string of the molecule is Brc1ccc(C2(NCC3CCNCC3)CCC2)cc1.Cl. The lowest BCUT2D eigenvalue weighted by molar-refractivity contribution is 0.169. The normalized spacial score (nSPS) is 21.9. The molecule has 112 valence electrons. The van der Waals surface area contributed by atoms with Crippen LogP contribution in [-0.4, -0.2) is 19.6 Å². The van der Waals surface area contributed by atoms with Crippen molar-refractivity contribution in [3.8, 4) is 0 Å². The van der Waals surface area contributed by atoms with Crippen LogP contribution >= 0.6 is 28.3 Å². The Morgan fingerprint density at radius 2 is 1.80 bits per heavy atom. The Morgan fingerprint density at radius 3 is 2.35 bits per heavy atom. The van der Waals surface area contributed by atoms with Crippen molar-refractivity contribution in [2.24, 2.45) is 5.92 Å². The van der Waals surface area contributed by atoms with Gasteiger partial charge in [0.05, 0.1) is 0 Å². The van der Waals surface area contributed by atoms with Crippen LogP contribution in [0, 0.1) is 5.92 Å². The van der Waals surface area contributed by atoms with Gasteiger partial charge in [-0.05, 0) is 75.4 Å². The molecule has 0 bridgehead atoms. The van der Waals surface area contributed by atoms with Crippen LogP contribution in [0.25, 0.3) is 0 Å². The quantitative estimate of drug-likeness (QED) is 0.853. The van der Waals surface area contributed by atoms with Gasteiger partial charge in [-0.25, -0.2) is 0 Å². The zero-order valence-corrected chi connectivity index (χ0v) is 14.2. The lowest BCUT2D eigenvalue weighted by Crippen LogP contribution is -2.50. The first kappa shape index (κ1) is 16.3. The van der Waals surface area contributed by atoms with E-state index in [2.05, 4.69) is 50.8 Å². The zero-order valence-electron chi connectivity index (χ0n) is 11.8. The van der Waals surface area contributed by atoms with Crippen LogP contribution in [0.4, 0.5) is 0 Å². The Morgan fingerprint density at radius 1 is 1.15 bits per heavy atom. The highest BCUT2D eigenvalue weighted by molar-refractivity contribution is 9.10. The van der Waals surface area contributed by atoms with Crippen molar-refractivity contribution >= 4 is 28.3 Å². The van der Waals surface area contributed by atoms with Gasteiger partial charge in [-0.1, -0.05) is 28.1 Å². The topological polar surface area (TPSA) is 24.1 Å². The minimum absolute atomic E-state index is 0. The van der Waals surface area contributed by atoms with Crippen molar-refractivity contribution < 1.29 is 0 Å². The van der Waals surface area contributed by atoms with E-state index in [4.69, 9.17) is 0 Å². The van der Waals surface area contributed by atoms with Crippen LogP contribution < -0.4 is 10.6 Å². The molecule has 0 radical (unpaired) electrons. The molecule has 1 saturated heterocycles. The van der Waals surface area contributed by atoms with Crippen molar-refractivity contribution in [3.63, 3.8) is 0 Å². The van der Waals surface area contributed by atoms with Gasteiger partial charge in [-0.15, -0.1) is 12.4 Å². The summed E-state index contributed by atoms with van der Waals surface area (Å²) in [7, 11) is 0. The van der Waals surface area contributed by atoms with Gasteiger partial charge < -0.3 is 10.6 Å². The van der Waals surface area contributed by atoms with Crippen LogP contribution in [0.15, 0.2) is 28.7 Å². The highest BCUT2D eigenvalue weighted by Crippen LogP contribution is 2.41. The Labute approximate surface area is 136 Å². The fourth-order valence-corrected chi connectivity index (χ4v) is 3.56. The highest BCUT2D eigenvalue weighted by atomic mass is 79.9. The molecule has 0 atom stereocenters. The third kappa shape index (κ3) is 3.56. The largest absolute Gasteiger partial charge is 0.317 e. The van der Waals surface area contributed by atoms with E-state index in [1.165, 1.54) is 61.8 Å². The molecule has 2 nitrogen and oxygen atoms in total. The first-order chi connectivity index (χ1) is 9.28. The molecule has 1 aliphatic carbocycles. The van der Waals surface area contributed by atoms with Crippen LogP contribution in [0.3, 0.4) is 0 Å². The van der Waals surface area contributed by atoms with E-state index >= 15 is 0 Å². The fraction of sp³-hybridized carbons (Fsp3) is 0.625. The third-order valence-electron chi connectivity index (χ3n) is 4.79. The summed E-state index contributed by atoms with van der Waals surface area (Å²) in [6, 6.07) is 8.89. The molecule has 1 aromatic carbocycles. The number of halogens is 2. The fourth-order valence-electron chi connectivity index (χ4n) is 3.29. The molecule has 0 amide bonds.